The molecule has 1 unspecified atom stereocenters. The standard InChI is InChI=1S/C38H44Cl2N4O2/c1-25(2)46-33-23-28(36(3,4)5)14-19-32(33)34-41-37(6,26-10-15-29(39)16-11-26)38(7,27-12-17-30(40)18-13-27)44(34)35(45)43-22-21-42-20-8-9-31(42)24-43/h8,10-20,23,25,31H,9,21-22,24H2,1-7H3/t31?,37-,38+/m0/s1. The fourth-order valence-electron chi connectivity index (χ4n) is 7.04. The highest BCUT2D eigenvalue weighted by atomic mass is 35.5. The van der Waals surface area contributed by atoms with Crippen LogP contribution in [0.3, 0.4) is 0 Å². The van der Waals surface area contributed by atoms with Gasteiger partial charge in [0, 0.05) is 35.7 Å². The van der Waals surface area contributed by atoms with Gasteiger partial charge < -0.3 is 14.5 Å². The maximum Gasteiger partial charge on any atom is 0.326 e. The summed E-state index contributed by atoms with van der Waals surface area (Å²) in [6.07, 6.45) is 5.22. The van der Waals surface area contributed by atoms with Crippen LogP contribution in [0.5, 0.6) is 5.75 Å². The highest BCUT2D eigenvalue weighted by molar-refractivity contribution is 6.30. The first-order valence-electron chi connectivity index (χ1n) is 16.2. The Morgan fingerprint density at radius 2 is 1.57 bits per heavy atom. The Morgan fingerprint density at radius 3 is 2.17 bits per heavy atom. The van der Waals surface area contributed by atoms with Crippen LogP contribution >= 0.6 is 23.2 Å². The Morgan fingerprint density at radius 1 is 0.935 bits per heavy atom. The zero-order valence-corrected chi connectivity index (χ0v) is 29.4. The molecule has 0 N–H and O–H groups in total. The SMILES string of the molecule is CC(C)Oc1cc(C(C)(C)C)ccc1C1=N[C@@](C)(c2ccc(Cl)cc2)[C@@](C)(c2ccc(Cl)cc2)N1C(=O)N1CCN2C=CCC2C1. The van der Waals surface area contributed by atoms with E-state index in [0.29, 0.717) is 34.7 Å². The number of urea groups is 1. The number of carbonyl (C=O) groups is 1. The van der Waals surface area contributed by atoms with Crippen LogP contribution in [0.15, 0.2) is 84.0 Å². The topological polar surface area (TPSA) is 48.4 Å². The molecule has 8 heteroatoms. The fourth-order valence-corrected chi connectivity index (χ4v) is 7.29. The van der Waals surface area contributed by atoms with Gasteiger partial charge in [-0.15, -0.1) is 0 Å². The number of ether oxygens (including phenoxy) is 1. The number of piperazine rings is 1. The Hall–Kier alpha value is -3.48. The van der Waals surface area contributed by atoms with Crippen molar-refractivity contribution in [3.05, 3.63) is 111 Å². The molecule has 0 saturated carbocycles. The summed E-state index contributed by atoms with van der Waals surface area (Å²) in [4.78, 5) is 27.1. The normalized spacial score (nSPS) is 24.4. The number of amidine groups is 1. The highest BCUT2D eigenvalue weighted by Gasteiger charge is 2.60. The summed E-state index contributed by atoms with van der Waals surface area (Å²) in [5, 5.41) is 1.27. The highest BCUT2D eigenvalue weighted by Crippen LogP contribution is 2.54. The number of rotatable bonds is 5. The van der Waals surface area contributed by atoms with Crippen LogP contribution in [0.25, 0.3) is 0 Å². The average molecular weight is 660 g/mol. The molecule has 3 atom stereocenters. The van der Waals surface area contributed by atoms with Crippen LogP contribution in [-0.4, -0.2) is 58.3 Å². The average Bonchev–Trinajstić information content (AvgIpc) is 3.57. The molecule has 0 aliphatic carbocycles. The van der Waals surface area contributed by atoms with E-state index >= 15 is 4.79 Å². The number of nitrogens with zero attached hydrogens (tertiary/aromatic N) is 4. The molecule has 3 aliphatic rings. The molecule has 46 heavy (non-hydrogen) atoms. The van der Waals surface area contributed by atoms with Gasteiger partial charge in [0.15, 0.2) is 0 Å². The summed E-state index contributed by atoms with van der Waals surface area (Å²) in [5.41, 5.74) is 1.88. The Bertz CT molecular complexity index is 1680. The first-order chi connectivity index (χ1) is 21.7. The van der Waals surface area contributed by atoms with Crippen LogP contribution in [0.1, 0.15) is 77.1 Å². The molecule has 2 amide bonds. The maximum absolute atomic E-state index is 15.2. The van der Waals surface area contributed by atoms with Crippen molar-refractivity contribution in [3.8, 4) is 5.75 Å². The third-order valence-electron chi connectivity index (χ3n) is 9.90. The Balaban J connectivity index is 1.60. The van der Waals surface area contributed by atoms with Crippen LogP contribution in [0, 0.1) is 0 Å². The van der Waals surface area contributed by atoms with Gasteiger partial charge in [-0.25, -0.2) is 4.79 Å². The lowest BCUT2D eigenvalue weighted by Crippen LogP contribution is -2.61. The second kappa shape index (κ2) is 12.0. The summed E-state index contributed by atoms with van der Waals surface area (Å²) in [6, 6.07) is 22.1. The predicted molar refractivity (Wildman–Crippen MR) is 188 cm³/mol. The number of carbonyl (C=O) groups excluding carboxylic acids is 1. The number of aliphatic imine (C=N–C) groups is 1. The minimum Gasteiger partial charge on any atom is -0.490 e. The van der Waals surface area contributed by atoms with Gasteiger partial charge in [0.1, 0.15) is 22.7 Å². The van der Waals surface area contributed by atoms with Crippen LogP contribution in [-0.2, 0) is 16.5 Å². The Kier molecular flexibility index (Phi) is 8.43. The molecule has 0 aromatic heterocycles. The van der Waals surface area contributed by atoms with Crippen molar-refractivity contribution in [1.29, 1.82) is 0 Å². The van der Waals surface area contributed by atoms with Crippen LogP contribution < -0.4 is 4.74 Å². The second-order valence-corrected chi connectivity index (χ2v) is 15.2. The lowest BCUT2D eigenvalue weighted by molar-refractivity contribution is 0.0823. The summed E-state index contributed by atoms with van der Waals surface area (Å²) in [5.74, 6) is 1.30. The Labute approximate surface area is 283 Å². The molecule has 242 valence electrons. The molecule has 3 aliphatic heterocycles. The zero-order chi connectivity index (χ0) is 33.0. The number of amides is 2. The van der Waals surface area contributed by atoms with Crippen molar-refractivity contribution < 1.29 is 9.53 Å². The van der Waals surface area contributed by atoms with Crippen molar-refractivity contribution in [3.63, 3.8) is 0 Å². The molecule has 3 aromatic rings. The lowest BCUT2D eigenvalue weighted by atomic mass is 9.71. The van der Waals surface area contributed by atoms with Gasteiger partial charge in [-0.3, -0.25) is 9.89 Å². The molecule has 0 bridgehead atoms. The molecule has 6 rings (SSSR count). The first-order valence-corrected chi connectivity index (χ1v) is 16.9. The molecular weight excluding hydrogens is 615 g/mol. The van der Waals surface area contributed by atoms with E-state index < -0.39 is 11.1 Å². The third-order valence-corrected chi connectivity index (χ3v) is 10.4. The molecule has 3 heterocycles. The molecule has 0 spiro atoms. The molecule has 6 nitrogen and oxygen atoms in total. The number of benzene rings is 3. The monoisotopic (exact) mass is 658 g/mol. The van der Waals surface area contributed by atoms with Crippen molar-refractivity contribution in [1.82, 2.24) is 14.7 Å². The summed E-state index contributed by atoms with van der Waals surface area (Å²) >= 11 is 12.8. The van der Waals surface area contributed by atoms with E-state index in [1.165, 1.54) is 0 Å². The number of halogens is 2. The van der Waals surface area contributed by atoms with E-state index in [9.17, 15) is 0 Å². The molecule has 1 saturated heterocycles. The fraction of sp³-hybridized carbons (Fsp3) is 0.421. The molecule has 1 fully saturated rings. The van der Waals surface area contributed by atoms with Crippen LogP contribution in [0.2, 0.25) is 10.0 Å². The smallest absolute Gasteiger partial charge is 0.326 e. The summed E-state index contributed by atoms with van der Waals surface area (Å²) in [7, 11) is 0. The number of hydrogen-bond acceptors (Lipinski definition) is 4. The van der Waals surface area contributed by atoms with Crippen molar-refractivity contribution in [2.24, 2.45) is 4.99 Å². The minimum absolute atomic E-state index is 0.0733. The van der Waals surface area contributed by atoms with Gasteiger partial charge >= 0.3 is 6.03 Å². The molecular formula is C38H44Cl2N4O2. The van der Waals surface area contributed by atoms with E-state index in [2.05, 4.69) is 70.0 Å². The van der Waals surface area contributed by atoms with E-state index in [-0.39, 0.29) is 23.6 Å². The van der Waals surface area contributed by atoms with Gasteiger partial charge in [0.25, 0.3) is 0 Å². The zero-order valence-electron chi connectivity index (χ0n) is 27.8. The van der Waals surface area contributed by atoms with E-state index in [1.807, 2.05) is 72.2 Å². The van der Waals surface area contributed by atoms with Crippen molar-refractivity contribution in [2.45, 2.75) is 83.5 Å². The van der Waals surface area contributed by atoms with E-state index in [4.69, 9.17) is 32.9 Å². The van der Waals surface area contributed by atoms with Crippen LogP contribution in [0.4, 0.5) is 4.79 Å². The van der Waals surface area contributed by atoms with Gasteiger partial charge in [-0.2, -0.15) is 0 Å². The van der Waals surface area contributed by atoms with Crippen molar-refractivity contribution >= 4 is 35.1 Å². The van der Waals surface area contributed by atoms with E-state index in [0.717, 1.165) is 35.2 Å². The molecule has 0 radical (unpaired) electrons. The van der Waals surface area contributed by atoms with Crippen molar-refractivity contribution in [2.75, 3.05) is 19.6 Å². The van der Waals surface area contributed by atoms with Gasteiger partial charge in [0.2, 0.25) is 0 Å². The van der Waals surface area contributed by atoms with Gasteiger partial charge in [0.05, 0.1) is 11.7 Å². The first kappa shape index (κ1) is 32.5. The minimum atomic E-state index is -0.944. The summed E-state index contributed by atoms with van der Waals surface area (Å²) < 4.78 is 6.52. The third kappa shape index (κ3) is 5.58. The molecule has 3 aromatic carbocycles. The quantitative estimate of drug-likeness (QED) is 0.275. The summed E-state index contributed by atoms with van der Waals surface area (Å²) in [6.45, 7) is 16.9. The van der Waals surface area contributed by atoms with Gasteiger partial charge in [-0.1, -0.05) is 80.4 Å². The second-order valence-electron chi connectivity index (χ2n) is 14.3. The van der Waals surface area contributed by atoms with Gasteiger partial charge in [-0.05, 0) is 98.8 Å². The number of hydrogen-bond donors (Lipinski definition) is 0. The predicted octanol–water partition coefficient (Wildman–Crippen LogP) is 8.99. The number of fused-ring (bicyclic) bond motifs is 1. The lowest BCUT2D eigenvalue weighted by Gasteiger charge is -2.48. The van der Waals surface area contributed by atoms with E-state index in [1.54, 1.807) is 0 Å². The maximum atomic E-state index is 15.2. The largest absolute Gasteiger partial charge is 0.490 e.